The van der Waals surface area contributed by atoms with Gasteiger partial charge in [0.2, 0.25) is 0 Å². The quantitative estimate of drug-likeness (QED) is 0.885. The van der Waals surface area contributed by atoms with Gasteiger partial charge in [-0.3, -0.25) is 4.79 Å². The van der Waals surface area contributed by atoms with Gasteiger partial charge in [-0.2, -0.15) is 0 Å². The summed E-state index contributed by atoms with van der Waals surface area (Å²) in [4.78, 5) is 12.5. The summed E-state index contributed by atoms with van der Waals surface area (Å²) in [5.74, 6) is -0.369. The zero-order valence-corrected chi connectivity index (χ0v) is 13.5. The van der Waals surface area contributed by atoms with Crippen molar-refractivity contribution in [2.45, 2.75) is 24.3 Å². The Kier molecular flexibility index (Phi) is 5.03. The Balaban J connectivity index is 2.10. The number of rotatable bonds is 6. The van der Waals surface area contributed by atoms with E-state index in [2.05, 4.69) is 5.32 Å². The number of carbonyl (C=O) groups excluding carboxylic acids is 1. The lowest BCUT2D eigenvalue weighted by Gasteiger charge is -2.17. The summed E-state index contributed by atoms with van der Waals surface area (Å²) in [6.07, 6.45) is 2.32. The largest absolute Gasteiger partial charge is 0.347 e. The maximum Gasteiger partial charge on any atom is 0.268 e. The number of aromatic nitrogens is 1. The number of hydrogen-bond donors (Lipinski definition) is 1. The molecular formula is C16H20N2O3S. The van der Waals surface area contributed by atoms with Gasteiger partial charge >= 0.3 is 0 Å². The topological polar surface area (TPSA) is 68.2 Å². The zero-order valence-electron chi connectivity index (χ0n) is 12.7. The molecular weight excluding hydrogens is 300 g/mol. The zero-order chi connectivity index (χ0) is 16.2. The molecule has 0 saturated heterocycles. The van der Waals surface area contributed by atoms with Crippen molar-refractivity contribution in [2.24, 2.45) is 7.05 Å². The third-order valence-electron chi connectivity index (χ3n) is 3.53. The summed E-state index contributed by atoms with van der Waals surface area (Å²) in [5.41, 5.74) is 0.510. The van der Waals surface area contributed by atoms with Crippen molar-refractivity contribution in [3.05, 3.63) is 54.4 Å². The van der Waals surface area contributed by atoms with Crippen molar-refractivity contribution in [1.29, 1.82) is 0 Å². The Labute approximate surface area is 130 Å². The SMILES string of the molecule is CCC(CS(=O)(=O)c1ccccc1)NC(=O)c1cccn1C. The van der Waals surface area contributed by atoms with Gasteiger partial charge in [0.05, 0.1) is 10.6 Å². The Bertz CT molecular complexity index is 736. The average molecular weight is 320 g/mol. The Hall–Kier alpha value is -2.08. The van der Waals surface area contributed by atoms with Crippen LogP contribution in [-0.4, -0.2) is 30.7 Å². The van der Waals surface area contributed by atoms with Crippen LogP contribution in [0.1, 0.15) is 23.8 Å². The highest BCUT2D eigenvalue weighted by Gasteiger charge is 2.22. The van der Waals surface area contributed by atoms with Gasteiger partial charge in [0, 0.05) is 19.3 Å². The number of nitrogens with one attached hydrogen (secondary N) is 1. The number of benzene rings is 1. The second-order valence-electron chi connectivity index (χ2n) is 5.18. The molecule has 5 nitrogen and oxygen atoms in total. The van der Waals surface area contributed by atoms with Crippen LogP contribution < -0.4 is 5.32 Å². The fourth-order valence-corrected chi connectivity index (χ4v) is 3.82. The molecule has 6 heteroatoms. The molecule has 1 aromatic carbocycles. The second-order valence-corrected chi connectivity index (χ2v) is 7.21. The smallest absolute Gasteiger partial charge is 0.268 e. The van der Waals surface area contributed by atoms with E-state index in [4.69, 9.17) is 0 Å². The first kappa shape index (κ1) is 16.3. The van der Waals surface area contributed by atoms with Gasteiger partial charge in [0.1, 0.15) is 5.69 Å². The van der Waals surface area contributed by atoms with E-state index in [0.717, 1.165) is 0 Å². The van der Waals surface area contributed by atoms with Gasteiger partial charge in [-0.05, 0) is 30.7 Å². The third-order valence-corrected chi connectivity index (χ3v) is 5.36. The molecule has 1 atom stereocenters. The molecule has 1 N–H and O–H groups in total. The van der Waals surface area contributed by atoms with Crippen molar-refractivity contribution in [3.63, 3.8) is 0 Å². The number of amides is 1. The number of hydrogen-bond acceptors (Lipinski definition) is 3. The molecule has 0 spiro atoms. The summed E-state index contributed by atoms with van der Waals surface area (Å²) < 4.78 is 26.5. The van der Waals surface area contributed by atoms with Crippen molar-refractivity contribution < 1.29 is 13.2 Å². The van der Waals surface area contributed by atoms with Crippen molar-refractivity contribution in [3.8, 4) is 0 Å². The molecule has 118 valence electrons. The predicted octanol–water partition coefficient (Wildman–Crippen LogP) is 2.01. The van der Waals surface area contributed by atoms with Crippen LogP contribution >= 0.6 is 0 Å². The van der Waals surface area contributed by atoms with E-state index in [0.29, 0.717) is 12.1 Å². The fourth-order valence-electron chi connectivity index (χ4n) is 2.21. The lowest BCUT2D eigenvalue weighted by atomic mass is 10.2. The Morgan fingerprint density at radius 2 is 1.86 bits per heavy atom. The molecule has 0 aliphatic carbocycles. The van der Waals surface area contributed by atoms with Gasteiger partial charge in [0.25, 0.3) is 5.91 Å². The van der Waals surface area contributed by atoms with Crippen LogP contribution in [0.5, 0.6) is 0 Å². The molecule has 1 amide bonds. The van der Waals surface area contributed by atoms with E-state index in [9.17, 15) is 13.2 Å². The van der Waals surface area contributed by atoms with Crippen LogP contribution in [0.4, 0.5) is 0 Å². The van der Waals surface area contributed by atoms with Crippen LogP contribution in [0.2, 0.25) is 0 Å². The van der Waals surface area contributed by atoms with Gasteiger partial charge in [-0.25, -0.2) is 8.42 Å². The first-order chi connectivity index (χ1) is 10.4. The third kappa shape index (κ3) is 3.76. The molecule has 2 aromatic rings. The normalized spacial score (nSPS) is 12.8. The average Bonchev–Trinajstić information content (AvgIpc) is 2.93. The predicted molar refractivity (Wildman–Crippen MR) is 85.5 cm³/mol. The molecule has 1 aromatic heterocycles. The lowest BCUT2D eigenvalue weighted by molar-refractivity contribution is 0.0931. The van der Waals surface area contributed by atoms with Crippen LogP contribution in [-0.2, 0) is 16.9 Å². The van der Waals surface area contributed by atoms with Crippen LogP contribution in [0, 0.1) is 0 Å². The lowest BCUT2D eigenvalue weighted by Crippen LogP contribution is -2.40. The summed E-state index contributed by atoms with van der Waals surface area (Å²) in [5, 5.41) is 2.80. The van der Waals surface area contributed by atoms with Gasteiger partial charge in [-0.1, -0.05) is 25.1 Å². The highest BCUT2D eigenvalue weighted by atomic mass is 32.2. The molecule has 0 aliphatic heterocycles. The van der Waals surface area contributed by atoms with Crippen LogP contribution in [0.25, 0.3) is 0 Å². The number of sulfone groups is 1. The van der Waals surface area contributed by atoms with E-state index >= 15 is 0 Å². The molecule has 0 saturated carbocycles. The van der Waals surface area contributed by atoms with Crippen molar-refractivity contribution >= 4 is 15.7 Å². The Morgan fingerprint density at radius 3 is 2.41 bits per heavy atom. The van der Waals surface area contributed by atoms with E-state index in [1.807, 2.05) is 6.92 Å². The van der Waals surface area contributed by atoms with Crippen LogP contribution in [0.15, 0.2) is 53.6 Å². The van der Waals surface area contributed by atoms with E-state index in [-0.39, 0.29) is 16.6 Å². The van der Waals surface area contributed by atoms with Gasteiger partial charge in [-0.15, -0.1) is 0 Å². The van der Waals surface area contributed by atoms with E-state index in [1.165, 1.54) is 0 Å². The summed E-state index contributed by atoms with van der Waals surface area (Å²) in [6, 6.07) is 11.3. The fraction of sp³-hybridized carbons (Fsp3) is 0.312. The van der Waals surface area contributed by atoms with Gasteiger partial charge in [0.15, 0.2) is 9.84 Å². The molecule has 0 radical (unpaired) electrons. The first-order valence-corrected chi connectivity index (χ1v) is 8.79. The number of nitrogens with zero attached hydrogens (tertiary/aromatic N) is 1. The summed E-state index contributed by atoms with van der Waals surface area (Å²) in [6.45, 7) is 1.86. The molecule has 22 heavy (non-hydrogen) atoms. The molecule has 0 bridgehead atoms. The molecule has 2 rings (SSSR count). The second kappa shape index (κ2) is 6.79. The molecule has 0 fully saturated rings. The minimum absolute atomic E-state index is 0.107. The monoisotopic (exact) mass is 320 g/mol. The highest BCUT2D eigenvalue weighted by molar-refractivity contribution is 7.91. The van der Waals surface area contributed by atoms with E-state index < -0.39 is 15.9 Å². The molecule has 0 aliphatic rings. The van der Waals surface area contributed by atoms with Crippen molar-refractivity contribution in [2.75, 3.05) is 5.75 Å². The highest BCUT2D eigenvalue weighted by Crippen LogP contribution is 2.13. The minimum atomic E-state index is -3.42. The van der Waals surface area contributed by atoms with Crippen molar-refractivity contribution in [1.82, 2.24) is 9.88 Å². The maximum atomic E-state index is 12.4. The summed E-state index contributed by atoms with van der Waals surface area (Å²) >= 11 is 0. The minimum Gasteiger partial charge on any atom is -0.347 e. The summed E-state index contributed by atoms with van der Waals surface area (Å²) in [7, 11) is -1.64. The Morgan fingerprint density at radius 1 is 1.18 bits per heavy atom. The number of carbonyl (C=O) groups is 1. The van der Waals surface area contributed by atoms with Gasteiger partial charge < -0.3 is 9.88 Å². The van der Waals surface area contributed by atoms with Crippen LogP contribution in [0.3, 0.4) is 0 Å². The molecule has 1 unspecified atom stereocenters. The molecule has 1 heterocycles. The maximum absolute atomic E-state index is 12.4. The first-order valence-electron chi connectivity index (χ1n) is 7.14. The standard InChI is InChI=1S/C16H20N2O3S/c1-3-13(17-16(19)15-10-7-11-18(15)2)12-22(20,21)14-8-5-4-6-9-14/h4-11,13H,3,12H2,1-2H3,(H,17,19). The number of aryl methyl sites for hydroxylation is 1. The van der Waals surface area contributed by atoms with E-state index in [1.54, 1.807) is 60.3 Å².